The lowest BCUT2D eigenvalue weighted by atomic mass is 10.2. The summed E-state index contributed by atoms with van der Waals surface area (Å²) in [6.07, 6.45) is 1.60. The summed E-state index contributed by atoms with van der Waals surface area (Å²) in [4.78, 5) is 30.3. The van der Waals surface area contributed by atoms with E-state index >= 15 is 0 Å². The summed E-state index contributed by atoms with van der Waals surface area (Å²) in [5.74, 6) is 0. The smallest absolute Gasteiger partial charge is 0.320 e. The number of aromatic nitrogens is 4. The fraction of sp³-hybridized carbons (Fsp3) is 0.150. The second kappa shape index (κ2) is 6.89. The number of imidazole rings is 1. The number of hydrogen-bond donors (Lipinski definition) is 0. The van der Waals surface area contributed by atoms with Crippen molar-refractivity contribution in [2.24, 2.45) is 0 Å². The third-order valence-electron chi connectivity index (χ3n) is 4.48. The Hall–Kier alpha value is -3.12. The second-order valence-electron chi connectivity index (χ2n) is 6.18. The van der Waals surface area contributed by atoms with Crippen LogP contribution in [0.5, 0.6) is 0 Å². The molecule has 0 amide bonds. The maximum absolute atomic E-state index is 13.0. The van der Waals surface area contributed by atoms with Crippen LogP contribution in [0.4, 0.5) is 0 Å². The van der Waals surface area contributed by atoms with Crippen molar-refractivity contribution < 1.29 is 0 Å². The number of benzene rings is 2. The van der Waals surface area contributed by atoms with Crippen LogP contribution in [0.15, 0.2) is 70.5 Å². The van der Waals surface area contributed by atoms with Gasteiger partial charge < -0.3 is 4.57 Å². The van der Waals surface area contributed by atoms with E-state index in [2.05, 4.69) is 4.98 Å². The number of rotatable bonds is 4. The van der Waals surface area contributed by atoms with Crippen LogP contribution >= 0.6 is 11.6 Å². The highest BCUT2D eigenvalue weighted by atomic mass is 35.5. The SMILES string of the molecule is CCn1c(=O)c2c(ncn2Cc2ccccc2)n(-c2cccc(Cl)c2)c1=O. The van der Waals surface area contributed by atoms with E-state index in [0.29, 0.717) is 28.4 Å². The summed E-state index contributed by atoms with van der Waals surface area (Å²) >= 11 is 6.11. The highest BCUT2D eigenvalue weighted by Gasteiger charge is 2.18. The molecule has 0 spiro atoms. The molecule has 0 aliphatic rings. The Balaban J connectivity index is 2.02. The van der Waals surface area contributed by atoms with Crippen molar-refractivity contribution in [3.63, 3.8) is 0 Å². The van der Waals surface area contributed by atoms with Gasteiger partial charge >= 0.3 is 5.69 Å². The average Bonchev–Trinajstić information content (AvgIpc) is 3.06. The Labute approximate surface area is 159 Å². The predicted octanol–water partition coefficient (Wildman–Crippen LogP) is 3.07. The lowest BCUT2D eigenvalue weighted by Gasteiger charge is -2.12. The topological polar surface area (TPSA) is 61.8 Å². The van der Waals surface area contributed by atoms with Gasteiger partial charge in [-0.25, -0.2) is 14.3 Å². The van der Waals surface area contributed by atoms with Crippen LogP contribution < -0.4 is 11.2 Å². The summed E-state index contributed by atoms with van der Waals surface area (Å²) in [6.45, 7) is 2.53. The Bertz CT molecular complexity index is 1240. The van der Waals surface area contributed by atoms with Gasteiger partial charge in [-0.2, -0.15) is 0 Å². The van der Waals surface area contributed by atoms with Crippen molar-refractivity contribution in [1.82, 2.24) is 18.7 Å². The minimum absolute atomic E-state index is 0.269. The quantitative estimate of drug-likeness (QED) is 0.546. The van der Waals surface area contributed by atoms with Crippen molar-refractivity contribution >= 4 is 22.8 Å². The van der Waals surface area contributed by atoms with E-state index in [1.807, 2.05) is 30.3 Å². The maximum Gasteiger partial charge on any atom is 0.337 e. The first kappa shape index (κ1) is 17.3. The zero-order valence-corrected chi connectivity index (χ0v) is 15.4. The van der Waals surface area contributed by atoms with Crippen molar-refractivity contribution in [2.45, 2.75) is 20.0 Å². The van der Waals surface area contributed by atoms with Gasteiger partial charge in [0.15, 0.2) is 11.2 Å². The minimum atomic E-state index is -0.428. The number of hydrogen-bond acceptors (Lipinski definition) is 3. The van der Waals surface area contributed by atoms with Crippen LogP contribution in [0, 0.1) is 0 Å². The molecule has 2 aromatic carbocycles. The molecule has 7 heteroatoms. The normalized spacial score (nSPS) is 11.2. The first-order chi connectivity index (χ1) is 13.1. The van der Waals surface area contributed by atoms with Crippen LogP contribution in [0.1, 0.15) is 12.5 Å². The lowest BCUT2D eigenvalue weighted by molar-refractivity contribution is 0.655. The molecule has 4 aromatic rings. The van der Waals surface area contributed by atoms with Crippen LogP contribution in [0.25, 0.3) is 16.9 Å². The van der Waals surface area contributed by atoms with E-state index in [1.165, 1.54) is 9.13 Å². The summed E-state index contributed by atoms with van der Waals surface area (Å²) in [6, 6.07) is 16.7. The molecular weight excluding hydrogens is 364 g/mol. The first-order valence-electron chi connectivity index (χ1n) is 8.60. The molecule has 0 aliphatic heterocycles. The summed E-state index contributed by atoms with van der Waals surface area (Å²) in [7, 11) is 0. The monoisotopic (exact) mass is 380 g/mol. The molecule has 0 bridgehead atoms. The molecule has 27 heavy (non-hydrogen) atoms. The molecule has 0 fully saturated rings. The van der Waals surface area contributed by atoms with Gasteiger partial charge in [0.25, 0.3) is 5.56 Å². The number of fused-ring (bicyclic) bond motifs is 1. The van der Waals surface area contributed by atoms with Gasteiger partial charge in [-0.05, 0) is 30.7 Å². The Morgan fingerprint density at radius 2 is 1.81 bits per heavy atom. The third kappa shape index (κ3) is 2.98. The van der Waals surface area contributed by atoms with Gasteiger partial charge in [0.1, 0.15) is 0 Å². The molecular formula is C20H17ClN4O2. The van der Waals surface area contributed by atoms with Crippen molar-refractivity contribution in [3.05, 3.63) is 92.3 Å². The first-order valence-corrected chi connectivity index (χ1v) is 8.98. The van der Waals surface area contributed by atoms with E-state index in [0.717, 1.165) is 5.56 Å². The Kier molecular flexibility index (Phi) is 4.41. The molecule has 6 nitrogen and oxygen atoms in total. The van der Waals surface area contributed by atoms with Crippen molar-refractivity contribution in [3.8, 4) is 5.69 Å². The van der Waals surface area contributed by atoms with Gasteiger partial charge in [-0.15, -0.1) is 0 Å². The van der Waals surface area contributed by atoms with Crippen LogP contribution in [-0.2, 0) is 13.1 Å². The molecule has 2 heterocycles. The minimum Gasteiger partial charge on any atom is -0.320 e. The van der Waals surface area contributed by atoms with Crippen LogP contribution in [0.3, 0.4) is 0 Å². The van der Waals surface area contributed by atoms with Gasteiger partial charge in [0, 0.05) is 18.1 Å². The highest BCUT2D eigenvalue weighted by molar-refractivity contribution is 6.30. The standard InChI is InChI=1S/C20H17ClN4O2/c1-2-24-19(26)17-18(22-13-23(17)12-14-7-4-3-5-8-14)25(20(24)27)16-10-6-9-15(21)11-16/h3-11,13H,2,12H2,1H3. The Morgan fingerprint density at radius 3 is 2.52 bits per heavy atom. The average molecular weight is 381 g/mol. The molecule has 0 saturated heterocycles. The predicted molar refractivity (Wildman–Crippen MR) is 106 cm³/mol. The molecule has 2 aromatic heterocycles. The largest absolute Gasteiger partial charge is 0.337 e. The molecule has 0 aliphatic carbocycles. The maximum atomic E-state index is 13.0. The lowest BCUT2D eigenvalue weighted by Crippen LogP contribution is -2.39. The summed E-state index contributed by atoms with van der Waals surface area (Å²) in [5.41, 5.74) is 1.56. The highest BCUT2D eigenvalue weighted by Crippen LogP contribution is 2.17. The van der Waals surface area contributed by atoms with Gasteiger partial charge in [-0.3, -0.25) is 9.36 Å². The number of halogens is 1. The van der Waals surface area contributed by atoms with Gasteiger partial charge in [0.05, 0.1) is 12.0 Å². The Morgan fingerprint density at radius 1 is 1.04 bits per heavy atom. The molecule has 0 atom stereocenters. The molecule has 0 unspecified atom stereocenters. The zero-order chi connectivity index (χ0) is 19.0. The molecule has 136 valence electrons. The fourth-order valence-corrected chi connectivity index (χ4v) is 3.39. The van der Waals surface area contributed by atoms with Gasteiger partial charge in [0.2, 0.25) is 0 Å². The summed E-state index contributed by atoms with van der Waals surface area (Å²) in [5, 5.41) is 0.505. The fourth-order valence-electron chi connectivity index (χ4n) is 3.21. The zero-order valence-electron chi connectivity index (χ0n) is 14.7. The molecule has 4 rings (SSSR count). The second-order valence-corrected chi connectivity index (χ2v) is 6.61. The van der Waals surface area contributed by atoms with Crippen molar-refractivity contribution in [2.75, 3.05) is 0 Å². The van der Waals surface area contributed by atoms with Crippen LogP contribution in [-0.4, -0.2) is 18.7 Å². The number of nitrogens with zero attached hydrogens (tertiary/aromatic N) is 4. The molecule has 0 saturated carbocycles. The van der Waals surface area contributed by atoms with Gasteiger partial charge in [-0.1, -0.05) is 48.0 Å². The van der Waals surface area contributed by atoms with Crippen LogP contribution in [0.2, 0.25) is 5.02 Å². The van der Waals surface area contributed by atoms with E-state index in [-0.39, 0.29) is 12.1 Å². The van der Waals surface area contributed by atoms with E-state index in [9.17, 15) is 9.59 Å². The van der Waals surface area contributed by atoms with E-state index in [4.69, 9.17) is 11.6 Å². The van der Waals surface area contributed by atoms with Crippen molar-refractivity contribution in [1.29, 1.82) is 0 Å². The summed E-state index contributed by atoms with van der Waals surface area (Å²) < 4.78 is 4.43. The third-order valence-corrected chi connectivity index (χ3v) is 4.71. The van der Waals surface area contributed by atoms with E-state index < -0.39 is 5.69 Å². The molecule has 0 N–H and O–H groups in total. The molecule has 0 radical (unpaired) electrons. The van der Waals surface area contributed by atoms with E-state index in [1.54, 1.807) is 42.1 Å².